The Bertz CT molecular complexity index is 880. The molecule has 0 unspecified atom stereocenters. The van der Waals surface area contributed by atoms with Crippen LogP contribution in [-0.4, -0.2) is 70.1 Å². The lowest BCUT2D eigenvalue weighted by atomic mass is 9.97. The summed E-state index contributed by atoms with van der Waals surface area (Å²) in [7, 11) is 2.12. The van der Waals surface area contributed by atoms with E-state index in [0.717, 1.165) is 68.2 Å². The van der Waals surface area contributed by atoms with E-state index >= 15 is 0 Å². The summed E-state index contributed by atoms with van der Waals surface area (Å²) in [5.41, 5.74) is 1.85. The summed E-state index contributed by atoms with van der Waals surface area (Å²) < 4.78 is 2.27. The van der Waals surface area contributed by atoms with Crippen LogP contribution in [0.3, 0.4) is 0 Å². The monoisotopic (exact) mass is 427 g/mol. The smallest absolute Gasteiger partial charge is 0.224 e. The minimum atomic E-state index is 0.000142. The van der Waals surface area contributed by atoms with Gasteiger partial charge in [0, 0.05) is 39.1 Å². The number of rotatable bonds is 8. The Morgan fingerprint density at radius 1 is 1.19 bits per heavy atom. The van der Waals surface area contributed by atoms with Gasteiger partial charge in [0.2, 0.25) is 5.91 Å². The van der Waals surface area contributed by atoms with Crippen molar-refractivity contribution in [3.8, 4) is 0 Å². The van der Waals surface area contributed by atoms with Crippen molar-refractivity contribution in [1.29, 1.82) is 0 Å². The van der Waals surface area contributed by atoms with E-state index in [1.807, 2.05) is 0 Å². The van der Waals surface area contributed by atoms with Gasteiger partial charge in [-0.25, -0.2) is 15.0 Å². The van der Waals surface area contributed by atoms with Crippen molar-refractivity contribution in [2.45, 2.75) is 64.8 Å². The number of nitrogens with zero attached hydrogens (tertiary/aromatic N) is 6. The number of imidazole rings is 1. The third kappa shape index (κ3) is 5.17. The molecule has 1 saturated heterocycles. The molecule has 8 nitrogen and oxygen atoms in total. The first kappa shape index (κ1) is 22.0. The molecule has 31 heavy (non-hydrogen) atoms. The summed E-state index contributed by atoms with van der Waals surface area (Å²) in [4.78, 5) is 31.5. The van der Waals surface area contributed by atoms with Crippen LogP contribution in [0.1, 0.15) is 57.7 Å². The first-order chi connectivity index (χ1) is 15.2. The van der Waals surface area contributed by atoms with Crippen molar-refractivity contribution in [1.82, 2.24) is 29.7 Å². The number of amides is 1. The van der Waals surface area contributed by atoms with Gasteiger partial charge in [-0.15, -0.1) is 0 Å². The van der Waals surface area contributed by atoms with E-state index < -0.39 is 0 Å². The molecule has 0 bridgehead atoms. The number of anilines is 1. The van der Waals surface area contributed by atoms with Crippen LogP contribution in [0, 0.1) is 5.92 Å². The third-order valence-corrected chi connectivity index (χ3v) is 6.65. The number of aromatic nitrogens is 4. The van der Waals surface area contributed by atoms with Gasteiger partial charge >= 0.3 is 0 Å². The van der Waals surface area contributed by atoms with Gasteiger partial charge in [-0.3, -0.25) is 4.79 Å². The Morgan fingerprint density at radius 2 is 2.10 bits per heavy atom. The number of fused-ring (bicyclic) bond motifs is 3. The fourth-order valence-electron chi connectivity index (χ4n) is 4.79. The fourth-order valence-corrected chi connectivity index (χ4v) is 4.79. The molecule has 2 aliphatic heterocycles. The standard InChI is InChI=1S/C23H37N7O/c1-3-4-12-28(2)15-11-24-23(31)18-9-8-13-29(16-18)21-20-22(26-17-25-21)30-14-7-5-6-10-19(30)27-20/h17-18H,3-16H2,1-2H3,(H,24,31)/t18-/m0/s1. The minimum Gasteiger partial charge on any atom is -0.355 e. The Hall–Kier alpha value is -2.22. The van der Waals surface area contributed by atoms with Crippen molar-refractivity contribution in [2.75, 3.05) is 44.7 Å². The summed E-state index contributed by atoms with van der Waals surface area (Å²) in [6, 6.07) is 0. The Labute approximate surface area is 185 Å². The number of unbranched alkanes of at least 4 members (excludes halogenated alkanes) is 1. The maximum Gasteiger partial charge on any atom is 0.224 e. The van der Waals surface area contributed by atoms with E-state index in [9.17, 15) is 4.79 Å². The second-order valence-electron chi connectivity index (χ2n) is 9.09. The van der Waals surface area contributed by atoms with Gasteiger partial charge in [-0.2, -0.15) is 0 Å². The summed E-state index contributed by atoms with van der Waals surface area (Å²) in [6.07, 6.45) is 10.6. The van der Waals surface area contributed by atoms with Gasteiger partial charge in [-0.05, 0) is 45.7 Å². The number of nitrogens with one attached hydrogen (secondary N) is 1. The molecule has 1 atom stereocenters. The van der Waals surface area contributed by atoms with Crippen LogP contribution < -0.4 is 10.2 Å². The van der Waals surface area contributed by atoms with E-state index in [0.29, 0.717) is 13.1 Å². The first-order valence-electron chi connectivity index (χ1n) is 12.1. The molecular weight excluding hydrogens is 390 g/mol. The lowest BCUT2D eigenvalue weighted by molar-refractivity contribution is -0.125. The highest BCUT2D eigenvalue weighted by Crippen LogP contribution is 2.29. The van der Waals surface area contributed by atoms with Crippen molar-refractivity contribution < 1.29 is 4.79 Å². The highest BCUT2D eigenvalue weighted by molar-refractivity contribution is 5.85. The van der Waals surface area contributed by atoms with E-state index in [1.165, 1.54) is 32.1 Å². The number of carbonyl (C=O) groups excluding carboxylic acids is 1. The van der Waals surface area contributed by atoms with Gasteiger partial charge in [0.05, 0.1) is 5.92 Å². The molecule has 0 spiro atoms. The van der Waals surface area contributed by atoms with Gasteiger partial charge in [0.25, 0.3) is 0 Å². The molecule has 8 heteroatoms. The molecule has 1 amide bonds. The molecule has 170 valence electrons. The van der Waals surface area contributed by atoms with Gasteiger partial charge < -0.3 is 19.7 Å². The number of carbonyl (C=O) groups is 1. The minimum absolute atomic E-state index is 0.000142. The molecule has 4 heterocycles. The predicted molar refractivity (Wildman–Crippen MR) is 123 cm³/mol. The molecule has 1 fully saturated rings. The topological polar surface area (TPSA) is 79.2 Å². The van der Waals surface area contributed by atoms with Crippen molar-refractivity contribution in [3.63, 3.8) is 0 Å². The second-order valence-corrected chi connectivity index (χ2v) is 9.09. The molecule has 1 N–H and O–H groups in total. The molecule has 0 radical (unpaired) electrons. The highest BCUT2D eigenvalue weighted by atomic mass is 16.1. The molecule has 4 rings (SSSR count). The third-order valence-electron chi connectivity index (χ3n) is 6.65. The lowest BCUT2D eigenvalue weighted by Gasteiger charge is -2.33. The quantitative estimate of drug-likeness (QED) is 0.698. The van der Waals surface area contributed by atoms with Gasteiger partial charge in [-0.1, -0.05) is 19.8 Å². The number of aryl methyl sites for hydroxylation is 2. The van der Waals surface area contributed by atoms with E-state index in [4.69, 9.17) is 4.98 Å². The zero-order valence-corrected chi connectivity index (χ0v) is 19.1. The van der Waals surface area contributed by atoms with Crippen molar-refractivity contribution in [2.24, 2.45) is 5.92 Å². The van der Waals surface area contributed by atoms with Crippen LogP contribution in [-0.2, 0) is 17.8 Å². The van der Waals surface area contributed by atoms with E-state index in [1.54, 1.807) is 6.33 Å². The van der Waals surface area contributed by atoms with E-state index in [-0.39, 0.29) is 11.8 Å². The molecule has 0 saturated carbocycles. The molecule has 2 aromatic heterocycles. The molecule has 0 aliphatic carbocycles. The molecule has 0 aromatic carbocycles. The maximum atomic E-state index is 12.8. The maximum absolute atomic E-state index is 12.8. The molecular formula is C23H37N7O. The van der Waals surface area contributed by atoms with Gasteiger partial charge in [0.15, 0.2) is 17.0 Å². The van der Waals surface area contributed by atoms with Crippen LogP contribution in [0.5, 0.6) is 0 Å². The zero-order valence-electron chi connectivity index (χ0n) is 19.1. The normalized spacial score (nSPS) is 19.5. The zero-order chi connectivity index (χ0) is 21.6. The Morgan fingerprint density at radius 3 is 2.97 bits per heavy atom. The molecule has 2 aromatic rings. The average Bonchev–Trinajstić information content (AvgIpc) is 2.98. The van der Waals surface area contributed by atoms with Crippen molar-refractivity contribution in [3.05, 3.63) is 12.2 Å². The van der Waals surface area contributed by atoms with Crippen LogP contribution in [0.15, 0.2) is 6.33 Å². The van der Waals surface area contributed by atoms with Crippen LogP contribution in [0.2, 0.25) is 0 Å². The van der Waals surface area contributed by atoms with E-state index in [2.05, 4.69) is 43.6 Å². The SMILES string of the molecule is CCCCN(C)CCNC(=O)[C@H]1CCCN(c2ncnc3c2nc2n3CCCCC2)C1. The predicted octanol–water partition coefficient (Wildman–Crippen LogP) is 2.62. The van der Waals surface area contributed by atoms with Gasteiger partial charge in [0.1, 0.15) is 12.2 Å². The largest absolute Gasteiger partial charge is 0.355 e. The van der Waals surface area contributed by atoms with Crippen LogP contribution >= 0.6 is 0 Å². The Kier molecular flexibility index (Phi) is 7.37. The van der Waals surface area contributed by atoms with Crippen LogP contribution in [0.25, 0.3) is 11.2 Å². The number of likely N-dealkylation sites (N-methyl/N-ethyl adjacent to an activating group) is 1. The summed E-state index contributed by atoms with van der Waals surface area (Å²) in [5, 5.41) is 3.16. The number of hydrogen-bond acceptors (Lipinski definition) is 6. The fraction of sp³-hybridized carbons (Fsp3) is 0.739. The Balaban J connectivity index is 1.40. The summed E-state index contributed by atoms with van der Waals surface area (Å²) >= 11 is 0. The first-order valence-corrected chi connectivity index (χ1v) is 12.1. The average molecular weight is 428 g/mol. The number of piperidine rings is 1. The highest BCUT2D eigenvalue weighted by Gasteiger charge is 2.29. The summed E-state index contributed by atoms with van der Waals surface area (Å²) in [6.45, 7) is 7.50. The lowest BCUT2D eigenvalue weighted by Crippen LogP contribution is -2.45. The summed E-state index contributed by atoms with van der Waals surface area (Å²) in [5.74, 6) is 2.19. The number of hydrogen-bond donors (Lipinski definition) is 1. The molecule has 2 aliphatic rings. The second kappa shape index (κ2) is 10.4. The van der Waals surface area contributed by atoms with Crippen molar-refractivity contribution >= 4 is 22.9 Å². The van der Waals surface area contributed by atoms with Crippen LogP contribution in [0.4, 0.5) is 5.82 Å².